The third-order valence-electron chi connectivity index (χ3n) is 3.46. The number of nitrogens with zero attached hydrogens (tertiary/aromatic N) is 1. The molecule has 0 radical (unpaired) electrons. The second-order valence-electron chi connectivity index (χ2n) is 5.63. The van der Waals surface area contributed by atoms with Crippen molar-refractivity contribution < 1.29 is 0 Å². The summed E-state index contributed by atoms with van der Waals surface area (Å²) >= 11 is 1.86. The average molecular weight is 274 g/mol. The summed E-state index contributed by atoms with van der Waals surface area (Å²) in [6.07, 6.45) is 2.39. The highest BCUT2D eigenvalue weighted by atomic mass is 32.2. The van der Waals surface area contributed by atoms with Crippen molar-refractivity contribution in [2.24, 2.45) is 5.92 Å². The van der Waals surface area contributed by atoms with Crippen molar-refractivity contribution in [3.05, 3.63) is 35.9 Å². The molecule has 2 rings (SSSR count). The van der Waals surface area contributed by atoms with E-state index in [4.69, 9.17) is 0 Å². The summed E-state index contributed by atoms with van der Waals surface area (Å²) in [5.41, 5.74) is 1.01. The standard InChI is InChI=1S/C16H22N2S/c1-13(2)18-16(11-17,15-8-9-15)12-19-10-14-6-4-3-5-7-14/h3-7,13,15,18H,8-10,12H2,1-2H3. The molecule has 2 nitrogen and oxygen atoms in total. The van der Waals surface area contributed by atoms with Crippen LogP contribution in [-0.4, -0.2) is 17.3 Å². The first-order chi connectivity index (χ1) is 9.16. The first kappa shape index (κ1) is 14.4. The minimum absolute atomic E-state index is 0.326. The lowest BCUT2D eigenvalue weighted by molar-refractivity contribution is 0.370. The van der Waals surface area contributed by atoms with Crippen LogP contribution in [-0.2, 0) is 5.75 Å². The molecule has 1 unspecified atom stereocenters. The molecule has 1 aromatic rings. The maximum absolute atomic E-state index is 9.61. The topological polar surface area (TPSA) is 35.8 Å². The van der Waals surface area contributed by atoms with Gasteiger partial charge in [0, 0.05) is 17.5 Å². The number of nitrogens with one attached hydrogen (secondary N) is 1. The number of hydrogen-bond acceptors (Lipinski definition) is 3. The van der Waals surface area contributed by atoms with E-state index >= 15 is 0 Å². The first-order valence-electron chi connectivity index (χ1n) is 6.97. The highest BCUT2D eigenvalue weighted by Gasteiger charge is 2.45. The number of rotatable bonds is 7. The minimum atomic E-state index is -0.326. The summed E-state index contributed by atoms with van der Waals surface area (Å²) in [5, 5.41) is 13.1. The van der Waals surface area contributed by atoms with Crippen LogP contribution >= 0.6 is 11.8 Å². The van der Waals surface area contributed by atoms with E-state index in [0.29, 0.717) is 12.0 Å². The Bertz CT molecular complexity index is 434. The summed E-state index contributed by atoms with van der Waals surface area (Å²) in [6, 6.07) is 13.4. The Morgan fingerprint density at radius 3 is 2.58 bits per heavy atom. The summed E-state index contributed by atoms with van der Waals surface area (Å²) in [5.74, 6) is 2.40. The maximum atomic E-state index is 9.61. The van der Waals surface area contributed by atoms with Gasteiger partial charge in [-0.2, -0.15) is 17.0 Å². The SMILES string of the molecule is CC(C)NC(C#N)(CSCc1ccccc1)C1CC1. The molecule has 0 amide bonds. The molecule has 1 atom stereocenters. The number of benzene rings is 1. The van der Waals surface area contributed by atoms with Gasteiger partial charge in [-0.3, -0.25) is 5.32 Å². The molecular weight excluding hydrogens is 252 g/mol. The molecule has 19 heavy (non-hydrogen) atoms. The molecule has 0 aromatic heterocycles. The van der Waals surface area contributed by atoms with E-state index in [9.17, 15) is 5.26 Å². The van der Waals surface area contributed by atoms with E-state index in [-0.39, 0.29) is 5.54 Å². The van der Waals surface area contributed by atoms with E-state index in [1.807, 2.05) is 17.8 Å². The summed E-state index contributed by atoms with van der Waals surface area (Å²) < 4.78 is 0. The first-order valence-corrected chi connectivity index (χ1v) is 8.12. The molecule has 0 aliphatic heterocycles. The number of nitriles is 1. The van der Waals surface area contributed by atoms with Gasteiger partial charge < -0.3 is 0 Å². The van der Waals surface area contributed by atoms with Gasteiger partial charge in [0.1, 0.15) is 5.54 Å². The molecule has 0 bridgehead atoms. The molecule has 0 spiro atoms. The zero-order valence-corrected chi connectivity index (χ0v) is 12.5. The normalized spacial score (nSPS) is 18.0. The zero-order chi connectivity index (χ0) is 13.7. The predicted molar refractivity (Wildman–Crippen MR) is 81.9 cm³/mol. The molecule has 0 saturated heterocycles. The minimum Gasteiger partial charge on any atom is -0.296 e. The average Bonchev–Trinajstić information content (AvgIpc) is 3.23. The summed E-state index contributed by atoms with van der Waals surface area (Å²) in [7, 11) is 0. The maximum Gasteiger partial charge on any atom is 0.118 e. The largest absolute Gasteiger partial charge is 0.296 e. The molecule has 1 aromatic carbocycles. The van der Waals surface area contributed by atoms with Crippen LogP contribution in [0.3, 0.4) is 0 Å². The molecule has 102 valence electrons. The van der Waals surface area contributed by atoms with Crippen molar-refractivity contribution >= 4 is 11.8 Å². The Morgan fingerprint density at radius 1 is 1.37 bits per heavy atom. The third kappa shape index (κ3) is 3.99. The predicted octanol–water partition coefficient (Wildman–Crippen LogP) is 3.59. The molecule has 1 fully saturated rings. The van der Waals surface area contributed by atoms with Gasteiger partial charge in [0.05, 0.1) is 6.07 Å². The lowest BCUT2D eigenvalue weighted by Crippen LogP contribution is -2.51. The Kier molecular flexibility index (Phi) is 4.90. The Labute approximate surface area is 120 Å². The van der Waals surface area contributed by atoms with Crippen molar-refractivity contribution in [3.63, 3.8) is 0 Å². The van der Waals surface area contributed by atoms with Crippen LogP contribution in [0.2, 0.25) is 0 Å². The fourth-order valence-corrected chi connectivity index (χ4v) is 3.66. The molecule has 1 N–H and O–H groups in total. The molecule has 0 heterocycles. The van der Waals surface area contributed by atoms with E-state index < -0.39 is 0 Å². The molecular formula is C16H22N2S. The number of hydrogen-bond donors (Lipinski definition) is 1. The van der Waals surface area contributed by atoms with Crippen LogP contribution < -0.4 is 5.32 Å². The third-order valence-corrected chi connectivity index (χ3v) is 4.66. The highest BCUT2D eigenvalue weighted by molar-refractivity contribution is 7.98. The van der Waals surface area contributed by atoms with Gasteiger partial charge >= 0.3 is 0 Å². The second-order valence-corrected chi connectivity index (χ2v) is 6.62. The van der Waals surface area contributed by atoms with Crippen molar-refractivity contribution in [1.29, 1.82) is 5.26 Å². The van der Waals surface area contributed by atoms with E-state index in [0.717, 1.165) is 11.5 Å². The smallest absolute Gasteiger partial charge is 0.118 e. The molecule has 1 aliphatic rings. The van der Waals surface area contributed by atoms with E-state index in [1.165, 1.54) is 18.4 Å². The Morgan fingerprint density at radius 2 is 2.05 bits per heavy atom. The van der Waals surface area contributed by atoms with Crippen LogP contribution in [0.4, 0.5) is 0 Å². The van der Waals surface area contributed by atoms with E-state index in [1.54, 1.807) is 0 Å². The van der Waals surface area contributed by atoms with Gasteiger partial charge in [-0.05, 0) is 38.2 Å². The lowest BCUT2D eigenvalue weighted by atomic mass is 9.96. The van der Waals surface area contributed by atoms with Crippen molar-refractivity contribution in [2.75, 3.05) is 5.75 Å². The van der Waals surface area contributed by atoms with Gasteiger partial charge in [-0.1, -0.05) is 30.3 Å². The molecule has 1 saturated carbocycles. The Hall–Kier alpha value is -0.980. The van der Waals surface area contributed by atoms with Crippen LogP contribution in [0.25, 0.3) is 0 Å². The van der Waals surface area contributed by atoms with Crippen LogP contribution in [0.15, 0.2) is 30.3 Å². The summed E-state index contributed by atoms with van der Waals surface area (Å²) in [4.78, 5) is 0. The zero-order valence-electron chi connectivity index (χ0n) is 11.7. The Balaban J connectivity index is 1.92. The van der Waals surface area contributed by atoms with Crippen LogP contribution in [0.1, 0.15) is 32.3 Å². The fourth-order valence-electron chi connectivity index (χ4n) is 2.43. The summed E-state index contributed by atoms with van der Waals surface area (Å²) in [6.45, 7) is 4.24. The van der Waals surface area contributed by atoms with Crippen molar-refractivity contribution in [3.8, 4) is 6.07 Å². The van der Waals surface area contributed by atoms with Crippen LogP contribution in [0, 0.1) is 17.2 Å². The lowest BCUT2D eigenvalue weighted by Gasteiger charge is -2.30. The van der Waals surface area contributed by atoms with E-state index in [2.05, 4.69) is 49.5 Å². The molecule has 1 aliphatic carbocycles. The highest BCUT2D eigenvalue weighted by Crippen LogP contribution is 2.41. The fraction of sp³-hybridized carbons (Fsp3) is 0.562. The second kappa shape index (κ2) is 6.45. The number of thioether (sulfide) groups is 1. The quantitative estimate of drug-likeness (QED) is 0.825. The van der Waals surface area contributed by atoms with Gasteiger partial charge in [-0.15, -0.1) is 0 Å². The van der Waals surface area contributed by atoms with Gasteiger partial charge in [0.25, 0.3) is 0 Å². The van der Waals surface area contributed by atoms with Crippen molar-refractivity contribution in [1.82, 2.24) is 5.32 Å². The molecule has 3 heteroatoms. The van der Waals surface area contributed by atoms with Crippen LogP contribution in [0.5, 0.6) is 0 Å². The van der Waals surface area contributed by atoms with Crippen molar-refractivity contribution in [2.45, 2.75) is 44.0 Å². The van der Waals surface area contributed by atoms with Gasteiger partial charge in [-0.25, -0.2) is 0 Å². The monoisotopic (exact) mass is 274 g/mol. The van der Waals surface area contributed by atoms with Gasteiger partial charge in [0.2, 0.25) is 0 Å². The van der Waals surface area contributed by atoms with Gasteiger partial charge in [0.15, 0.2) is 0 Å².